The van der Waals surface area contributed by atoms with Crippen LogP contribution >= 0.6 is 19.3 Å². The van der Waals surface area contributed by atoms with Gasteiger partial charge in [-0.1, -0.05) is 24.6 Å². The highest BCUT2D eigenvalue weighted by molar-refractivity contribution is 7.51. The average molecular weight is 250 g/mol. The van der Waals surface area contributed by atoms with E-state index in [-0.39, 0.29) is 5.75 Å². The molecule has 0 bridgehead atoms. The Bertz CT molecular complexity index is 372. The molecule has 15 heavy (non-hydrogen) atoms. The van der Waals surface area contributed by atoms with Gasteiger partial charge < -0.3 is 9.42 Å². The van der Waals surface area contributed by atoms with Gasteiger partial charge in [-0.25, -0.2) is 9.65 Å². The highest BCUT2D eigenvalue weighted by Gasteiger charge is 2.19. The minimum atomic E-state index is -3.76. The van der Waals surface area contributed by atoms with Gasteiger partial charge in [0.25, 0.3) is 0 Å². The first kappa shape index (κ1) is 12.5. The summed E-state index contributed by atoms with van der Waals surface area (Å²) >= 11 is 5.71. The smallest absolute Gasteiger partial charge is 0.413 e. The minimum absolute atomic E-state index is 0.275. The first-order valence-corrected chi connectivity index (χ1v) is 6.52. The second-order valence-electron chi connectivity index (χ2n) is 2.98. The molecule has 1 aromatic rings. The summed E-state index contributed by atoms with van der Waals surface area (Å²) in [6.45, 7) is 2.32. The molecule has 84 valence electrons. The lowest BCUT2D eigenvalue weighted by atomic mass is 10.3. The van der Waals surface area contributed by atoms with Crippen LogP contribution in [-0.2, 0) is 4.57 Å². The number of nitrogens with one attached hydrogen (secondary N) is 1. The maximum atomic E-state index is 11.4. The van der Waals surface area contributed by atoms with E-state index >= 15 is 0 Å². The van der Waals surface area contributed by atoms with Crippen molar-refractivity contribution in [3.05, 3.63) is 29.3 Å². The van der Waals surface area contributed by atoms with Crippen LogP contribution in [0.3, 0.4) is 0 Å². The van der Waals surface area contributed by atoms with E-state index in [1.165, 1.54) is 6.07 Å². The van der Waals surface area contributed by atoms with Crippen LogP contribution < -0.4 is 9.61 Å². The Kier molecular flexibility index (Phi) is 4.61. The molecule has 1 rings (SSSR count). The molecule has 0 aliphatic heterocycles. The first-order chi connectivity index (χ1) is 7.03. The standard InChI is InChI=1S/C9H13ClNO3P/c1-2-6-11-15(12,13)14-9-5-3-4-8(10)7-9/h3-5,7H,2,6H2,1H3,(H2,11,12,13). The van der Waals surface area contributed by atoms with Crippen LogP contribution in [0, 0.1) is 0 Å². The SMILES string of the molecule is CCCNP(=O)(O)Oc1cccc(Cl)c1. The monoisotopic (exact) mass is 249 g/mol. The predicted molar refractivity (Wildman–Crippen MR) is 60.2 cm³/mol. The summed E-state index contributed by atoms with van der Waals surface area (Å²) in [4.78, 5) is 9.37. The Morgan fingerprint density at radius 2 is 2.33 bits per heavy atom. The highest BCUT2D eigenvalue weighted by Crippen LogP contribution is 2.38. The van der Waals surface area contributed by atoms with Crippen molar-refractivity contribution < 1.29 is 14.0 Å². The van der Waals surface area contributed by atoms with E-state index in [4.69, 9.17) is 16.1 Å². The molecule has 0 aliphatic carbocycles. The fraction of sp³-hybridized carbons (Fsp3) is 0.333. The Morgan fingerprint density at radius 1 is 1.60 bits per heavy atom. The third-order valence-corrected chi connectivity index (χ3v) is 2.90. The second kappa shape index (κ2) is 5.52. The molecule has 1 unspecified atom stereocenters. The summed E-state index contributed by atoms with van der Waals surface area (Å²) in [5, 5.41) is 2.88. The molecule has 2 N–H and O–H groups in total. The lowest BCUT2D eigenvalue weighted by Crippen LogP contribution is -2.14. The van der Waals surface area contributed by atoms with Crippen molar-refractivity contribution in [1.82, 2.24) is 5.09 Å². The van der Waals surface area contributed by atoms with Crippen molar-refractivity contribution in [1.29, 1.82) is 0 Å². The molecular weight excluding hydrogens is 237 g/mol. The number of hydrogen-bond acceptors (Lipinski definition) is 2. The van der Waals surface area contributed by atoms with E-state index in [1.54, 1.807) is 18.2 Å². The quantitative estimate of drug-likeness (QED) is 0.788. The lowest BCUT2D eigenvalue weighted by molar-refractivity contribution is 0.364. The van der Waals surface area contributed by atoms with E-state index in [2.05, 4.69) is 5.09 Å². The van der Waals surface area contributed by atoms with Gasteiger partial charge in [0.05, 0.1) is 0 Å². The van der Waals surface area contributed by atoms with Gasteiger partial charge in [0.2, 0.25) is 0 Å². The van der Waals surface area contributed by atoms with Gasteiger partial charge in [-0.3, -0.25) is 0 Å². The highest BCUT2D eigenvalue weighted by atomic mass is 35.5. The molecule has 0 amide bonds. The van der Waals surface area contributed by atoms with E-state index in [9.17, 15) is 9.46 Å². The maximum Gasteiger partial charge on any atom is 0.456 e. The van der Waals surface area contributed by atoms with Crippen LogP contribution in [0.15, 0.2) is 24.3 Å². The van der Waals surface area contributed by atoms with E-state index in [0.717, 1.165) is 6.42 Å². The van der Waals surface area contributed by atoms with Crippen LogP contribution in [0.1, 0.15) is 13.3 Å². The molecule has 0 fully saturated rings. The third-order valence-electron chi connectivity index (χ3n) is 1.59. The van der Waals surface area contributed by atoms with Gasteiger partial charge in [0.15, 0.2) is 0 Å². The minimum Gasteiger partial charge on any atom is -0.413 e. The Morgan fingerprint density at radius 3 is 2.93 bits per heavy atom. The molecule has 0 saturated heterocycles. The van der Waals surface area contributed by atoms with E-state index in [1.807, 2.05) is 6.92 Å². The number of rotatable bonds is 5. The lowest BCUT2D eigenvalue weighted by Gasteiger charge is -2.13. The Hall–Kier alpha value is -0.540. The molecule has 0 heterocycles. The first-order valence-electron chi connectivity index (χ1n) is 4.56. The van der Waals surface area contributed by atoms with Gasteiger partial charge in [0.1, 0.15) is 5.75 Å². The normalized spacial score (nSPS) is 14.6. The van der Waals surface area contributed by atoms with Gasteiger partial charge in [-0.15, -0.1) is 0 Å². The molecule has 0 spiro atoms. The summed E-state index contributed by atoms with van der Waals surface area (Å²) in [6, 6.07) is 6.37. The van der Waals surface area contributed by atoms with Gasteiger partial charge >= 0.3 is 7.75 Å². The summed E-state index contributed by atoms with van der Waals surface area (Å²) in [7, 11) is -3.76. The molecule has 0 saturated carbocycles. The van der Waals surface area contributed by atoms with Crippen LogP contribution in [-0.4, -0.2) is 11.4 Å². The zero-order valence-corrected chi connectivity index (χ0v) is 9.96. The van der Waals surface area contributed by atoms with Crippen LogP contribution in [0.4, 0.5) is 0 Å². The number of benzene rings is 1. The molecule has 0 aliphatic rings. The number of halogens is 1. The molecule has 4 nitrogen and oxygen atoms in total. The Labute approximate surface area is 93.8 Å². The zero-order valence-electron chi connectivity index (χ0n) is 8.31. The molecule has 0 radical (unpaired) electrons. The van der Waals surface area contributed by atoms with Crippen molar-refractivity contribution in [3.63, 3.8) is 0 Å². The summed E-state index contributed by atoms with van der Waals surface area (Å²) < 4.78 is 16.3. The van der Waals surface area contributed by atoms with Gasteiger partial charge in [-0.05, 0) is 24.6 Å². The van der Waals surface area contributed by atoms with Gasteiger partial charge in [0, 0.05) is 11.6 Å². The van der Waals surface area contributed by atoms with Crippen LogP contribution in [0.2, 0.25) is 5.02 Å². The molecule has 1 aromatic carbocycles. The second-order valence-corrected chi connectivity index (χ2v) is 4.95. The average Bonchev–Trinajstić information content (AvgIpc) is 2.14. The van der Waals surface area contributed by atoms with Crippen molar-refractivity contribution in [2.75, 3.05) is 6.54 Å². The van der Waals surface area contributed by atoms with Crippen LogP contribution in [0.25, 0.3) is 0 Å². The molecular formula is C9H13ClNO3P. The van der Waals surface area contributed by atoms with Crippen LogP contribution in [0.5, 0.6) is 5.75 Å². The maximum absolute atomic E-state index is 11.4. The third kappa shape index (κ3) is 4.67. The fourth-order valence-corrected chi connectivity index (χ4v) is 2.10. The van der Waals surface area contributed by atoms with E-state index < -0.39 is 7.75 Å². The Balaban J connectivity index is 2.64. The molecule has 6 heteroatoms. The van der Waals surface area contributed by atoms with Gasteiger partial charge in [-0.2, -0.15) is 0 Å². The largest absolute Gasteiger partial charge is 0.456 e. The summed E-state index contributed by atoms with van der Waals surface area (Å²) in [6.07, 6.45) is 0.753. The topological polar surface area (TPSA) is 58.6 Å². The van der Waals surface area contributed by atoms with Crippen molar-refractivity contribution >= 4 is 19.3 Å². The molecule has 0 aromatic heterocycles. The number of hydrogen-bond donors (Lipinski definition) is 2. The zero-order chi connectivity index (χ0) is 11.3. The summed E-state index contributed by atoms with van der Waals surface area (Å²) in [5.41, 5.74) is 0. The summed E-state index contributed by atoms with van der Waals surface area (Å²) in [5.74, 6) is 0.275. The van der Waals surface area contributed by atoms with Crippen molar-refractivity contribution in [2.45, 2.75) is 13.3 Å². The fourth-order valence-electron chi connectivity index (χ4n) is 0.952. The van der Waals surface area contributed by atoms with Crippen molar-refractivity contribution in [3.8, 4) is 5.75 Å². The van der Waals surface area contributed by atoms with E-state index in [0.29, 0.717) is 11.6 Å². The molecule has 1 atom stereocenters. The van der Waals surface area contributed by atoms with Crippen molar-refractivity contribution in [2.24, 2.45) is 0 Å². The predicted octanol–water partition coefficient (Wildman–Crippen LogP) is 2.82.